The fourth-order valence-electron chi connectivity index (χ4n) is 5.64. The Hall–Kier alpha value is -1.57. The molecule has 1 aromatic carbocycles. The molecule has 0 aliphatic carbocycles. The number of aromatic nitrogens is 2. The van der Waals surface area contributed by atoms with Gasteiger partial charge in [-0.3, -0.25) is 0 Å². The van der Waals surface area contributed by atoms with E-state index in [9.17, 15) is 0 Å². The van der Waals surface area contributed by atoms with Crippen molar-refractivity contribution >= 4 is 0 Å². The summed E-state index contributed by atoms with van der Waals surface area (Å²) in [6, 6.07) is 11.1. The second-order valence-corrected chi connectivity index (χ2v) is 11.4. The lowest BCUT2D eigenvalue weighted by atomic mass is 10.1. The minimum atomic E-state index is 1.15. The van der Waals surface area contributed by atoms with Crippen molar-refractivity contribution in [3.8, 4) is 11.4 Å². The van der Waals surface area contributed by atoms with Gasteiger partial charge in [-0.15, -0.1) is 0 Å². The van der Waals surface area contributed by atoms with E-state index in [4.69, 9.17) is 0 Å². The molecular weight excluding hydrogens is 448 g/mol. The summed E-state index contributed by atoms with van der Waals surface area (Å²) in [6.45, 7) is 6.89. The maximum Gasteiger partial charge on any atom is 0.288 e. The van der Waals surface area contributed by atoms with E-state index in [0.717, 1.165) is 13.1 Å². The topological polar surface area (TPSA) is 8.81 Å². The van der Waals surface area contributed by atoms with Crippen LogP contribution in [0.4, 0.5) is 0 Å². The van der Waals surface area contributed by atoms with Gasteiger partial charge in [0.1, 0.15) is 12.4 Å². The molecule has 37 heavy (non-hydrogen) atoms. The molecule has 0 amide bonds. The van der Waals surface area contributed by atoms with Gasteiger partial charge in [0.05, 0.1) is 18.7 Å². The molecule has 2 nitrogen and oxygen atoms in total. The molecule has 0 aliphatic heterocycles. The lowest BCUT2D eigenvalue weighted by molar-refractivity contribution is -0.686. The number of rotatable bonds is 25. The quantitative estimate of drug-likeness (QED) is 0.0929. The van der Waals surface area contributed by atoms with Gasteiger partial charge in [0.25, 0.3) is 5.82 Å². The molecule has 0 bridgehead atoms. The molecule has 0 saturated heterocycles. The molecule has 0 fully saturated rings. The van der Waals surface area contributed by atoms with Crippen LogP contribution in [0.2, 0.25) is 0 Å². The fraction of sp³-hybridized carbons (Fsp3) is 0.743. The molecule has 1 heterocycles. The van der Waals surface area contributed by atoms with Gasteiger partial charge < -0.3 is 0 Å². The van der Waals surface area contributed by atoms with E-state index in [1.165, 1.54) is 153 Å². The summed E-state index contributed by atoms with van der Waals surface area (Å²) in [5.41, 5.74) is 1.36. The van der Waals surface area contributed by atoms with Crippen LogP contribution < -0.4 is 4.57 Å². The Bertz CT molecular complexity index is 704. The first-order valence-electron chi connectivity index (χ1n) is 16.5. The van der Waals surface area contributed by atoms with Crippen molar-refractivity contribution in [2.24, 2.45) is 0 Å². The molecular formula is C35H61N2+. The molecule has 2 rings (SSSR count). The highest BCUT2D eigenvalue weighted by Crippen LogP contribution is 2.18. The number of benzene rings is 1. The third-order valence-electron chi connectivity index (χ3n) is 8.01. The van der Waals surface area contributed by atoms with Gasteiger partial charge >= 0.3 is 0 Å². The number of nitrogens with zero attached hydrogens (tertiary/aromatic N) is 2. The average molecular weight is 510 g/mol. The van der Waals surface area contributed by atoms with Gasteiger partial charge in [0, 0.05) is 0 Å². The van der Waals surface area contributed by atoms with Gasteiger partial charge in [-0.25, -0.2) is 9.13 Å². The van der Waals surface area contributed by atoms with Crippen LogP contribution in [0.5, 0.6) is 0 Å². The first-order valence-corrected chi connectivity index (χ1v) is 16.5. The monoisotopic (exact) mass is 509 g/mol. The number of aryl methyl sites for hydroxylation is 2. The minimum absolute atomic E-state index is 1.15. The van der Waals surface area contributed by atoms with Crippen molar-refractivity contribution in [1.82, 2.24) is 4.57 Å². The van der Waals surface area contributed by atoms with Crippen LogP contribution in [0.15, 0.2) is 42.7 Å². The minimum Gasteiger partial charge on any atom is -0.230 e. The average Bonchev–Trinajstić information content (AvgIpc) is 3.33. The van der Waals surface area contributed by atoms with Gasteiger partial charge in [-0.05, 0) is 37.8 Å². The Morgan fingerprint density at radius 3 is 1.43 bits per heavy atom. The van der Waals surface area contributed by atoms with E-state index in [0.29, 0.717) is 0 Å². The standard InChI is InChI=1S/C35H61N2/c1-3-5-7-9-11-13-15-17-19-21-26-30-36-32-33-37(35(36)34-28-24-23-25-29-34)31-27-22-20-18-16-14-12-10-8-6-4-2/h23-25,28-29,32-33H,3-22,26-27,30-31H2,1-2H3/q+1. The summed E-state index contributed by atoms with van der Waals surface area (Å²) < 4.78 is 5.03. The summed E-state index contributed by atoms with van der Waals surface area (Å²) >= 11 is 0. The maximum absolute atomic E-state index is 2.52. The molecule has 1 aromatic heterocycles. The predicted octanol–water partition coefficient (Wildman–Crippen LogP) is 11.1. The zero-order chi connectivity index (χ0) is 26.2. The van der Waals surface area contributed by atoms with Gasteiger partial charge in [-0.2, -0.15) is 0 Å². The first-order chi connectivity index (χ1) is 18.4. The van der Waals surface area contributed by atoms with Crippen LogP contribution in [0.3, 0.4) is 0 Å². The largest absolute Gasteiger partial charge is 0.288 e. The Morgan fingerprint density at radius 2 is 0.946 bits per heavy atom. The van der Waals surface area contributed by atoms with E-state index < -0.39 is 0 Å². The third-order valence-corrected chi connectivity index (χ3v) is 8.01. The molecule has 0 aliphatic rings. The summed E-state index contributed by atoms with van der Waals surface area (Å²) in [6.07, 6.45) is 35.6. The Kier molecular flexibility index (Phi) is 19.2. The molecule has 0 N–H and O–H groups in total. The summed E-state index contributed by atoms with van der Waals surface area (Å²) in [4.78, 5) is 0. The molecule has 0 atom stereocenters. The molecule has 0 radical (unpaired) electrons. The lowest BCUT2D eigenvalue weighted by Gasteiger charge is -2.07. The number of hydrogen-bond acceptors (Lipinski definition) is 0. The van der Waals surface area contributed by atoms with E-state index in [1.807, 2.05) is 0 Å². The SMILES string of the molecule is CCCCCCCCCCCCCn1cc[n+](CCCCCCCCCCCCC)c1-c1ccccc1. The summed E-state index contributed by atoms with van der Waals surface area (Å²) in [7, 11) is 0. The normalized spacial score (nSPS) is 11.4. The predicted molar refractivity (Wildman–Crippen MR) is 163 cm³/mol. The highest BCUT2D eigenvalue weighted by atomic mass is 15.1. The van der Waals surface area contributed by atoms with Gasteiger partial charge in [-0.1, -0.05) is 148 Å². The highest BCUT2D eigenvalue weighted by molar-refractivity contribution is 5.52. The van der Waals surface area contributed by atoms with E-state index >= 15 is 0 Å². The van der Waals surface area contributed by atoms with E-state index in [-0.39, 0.29) is 0 Å². The van der Waals surface area contributed by atoms with Crippen LogP contribution in [-0.4, -0.2) is 4.57 Å². The Balaban J connectivity index is 1.65. The molecule has 210 valence electrons. The van der Waals surface area contributed by atoms with Crippen molar-refractivity contribution in [2.75, 3.05) is 0 Å². The van der Waals surface area contributed by atoms with Crippen molar-refractivity contribution in [1.29, 1.82) is 0 Å². The molecule has 0 unspecified atom stereocenters. The third kappa shape index (κ3) is 14.8. The zero-order valence-corrected chi connectivity index (χ0v) is 24.9. The Morgan fingerprint density at radius 1 is 0.514 bits per heavy atom. The second kappa shape index (κ2) is 22.4. The van der Waals surface area contributed by atoms with Crippen molar-refractivity contribution in [2.45, 2.75) is 168 Å². The van der Waals surface area contributed by atoms with Crippen molar-refractivity contribution < 1.29 is 4.57 Å². The molecule has 2 heteroatoms. The van der Waals surface area contributed by atoms with Crippen LogP contribution in [0.25, 0.3) is 11.4 Å². The highest BCUT2D eigenvalue weighted by Gasteiger charge is 2.18. The molecule has 2 aromatic rings. The van der Waals surface area contributed by atoms with Crippen LogP contribution in [-0.2, 0) is 13.1 Å². The zero-order valence-electron chi connectivity index (χ0n) is 24.9. The molecule has 0 saturated carbocycles. The van der Waals surface area contributed by atoms with E-state index in [1.54, 1.807) is 0 Å². The summed E-state index contributed by atoms with van der Waals surface area (Å²) in [5, 5.41) is 0. The van der Waals surface area contributed by atoms with Gasteiger partial charge in [0.2, 0.25) is 0 Å². The smallest absolute Gasteiger partial charge is 0.230 e. The number of unbranched alkanes of at least 4 members (excludes halogenated alkanes) is 20. The van der Waals surface area contributed by atoms with Crippen LogP contribution >= 0.6 is 0 Å². The van der Waals surface area contributed by atoms with E-state index in [2.05, 4.69) is 65.7 Å². The lowest BCUT2D eigenvalue weighted by Crippen LogP contribution is -2.34. The molecule has 0 spiro atoms. The van der Waals surface area contributed by atoms with Crippen molar-refractivity contribution in [3.05, 3.63) is 42.7 Å². The van der Waals surface area contributed by atoms with Crippen LogP contribution in [0, 0.1) is 0 Å². The number of imidazole rings is 1. The number of hydrogen-bond donors (Lipinski definition) is 0. The van der Waals surface area contributed by atoms with Crippen molar-refractivity contribution in [3.63, 3.8) is 0 Å². The fourth-order valence-corrected chi connectivity index (χ4v) is 5.64. The summed E-state index contributed by atoms with van der Waals surface area (Å²) in [5.74, 6) is 1.40. The van der Waals surface area contributed by atoms with Gasteiger partial charge in [0.15, 0.2) is 0 Å². The maximum atomic E-state index is 2.52. The second-order valence-electron chi connectivity index (χ2n) is 11.4. The first kappa shape index (κ1) is 31.6. The Labute approximate surface area is 231 Å². The van der Waals surface area contributed by atoms with Crippen LogP contribution in [0.1, 0.15) is 155 Å².